The van der Waals surface area contributed by atoms with Gasteiger partial charge >= 0.3 is 0 Å². The summed E-state index contributed by atoms with van der Waals surface area (Å²) in [4.78, 5) is -0.0882. The average molecular weight is 365 g/mol. The molecule has 0 unspecified atom stereocenters. The Morgan fingerprint density at radius 3 is 2.26 bits per heavy atom. The topological polar surface area (TPSA) is 46.2 Å². The Morgan fingerprint density at radius 2 is 1.79 bits per heavy atom. The molecule has 1 rings (SSSR count). The van der Waals surface area contributed by atoms with E-state index in [2.05, 4.69) is 4.72 Å². The van der Waals surface area contributed by atoms with Crippen LogP contribution in [0.5, 0.6) is 0 Å². The lowest BCUT2D eigenvalue weighted by atomic mass is 10.0. The van der Waals surface area contributed by atoms with Crippen LogP contribution in [0.1, 0.15) is 13.3 Å². The van der Waals surface area contributed by atoms with Crippen molar-refractivity contribution in [2.75, 3.05) is 11.8 Å². The van der Waals surface area contributed by atoms with Crippen molar-refractivity contribution in [3.8, 4) is 0 Å². The predicted molar refractivity (Wildman–Crippen MR) is 81.2 cm³/mol. The lowest BCUT2D eigenvalue weighted by molar-refractivity contribution is 0.449. The Labute approximate surface area is 133 Å². The fraction of sp³-hybridized carbons (Fsp3) is 0.455. The molecule has 0 aromatic heterocycles. The second kappa shape index (κ2) is 6.83. The van der Waals surface area contributed by atoms with E-state index in [0.717, 1.165) is 0 Å². The van der Waals surface area contributed by atoms with Crippen LogP contribution in [0, 0.1) is 0 Å². The molecule has 1 aromatic rings. The van der Waals surface area contributed by atoms with Crippen molar-refractivity contribution >= 4 is 56.4 Å². The molecule has 0 fully saturated rings. The summed E-state index contributed by atoms with van der Waals surface area (Å²) >= 11 is 23.3. The number of nitrogens with one attached hydrogen (secondary N) is 1. The quantitative estimate of drug-likeness (QED) is 0.778. The number of rotatable bonds is 6. The van der Waals surface area contributed by atoms with Gasteiger partial charge in [-0.05, 0) is 24.6 Å². The van der Waals surface area contributed by atoms with E-state index in [4.69, 9.17) is 46.4 Å². The van der Waals surface area contributed by atoms with Crippen LogP contribution < -0.4 is 4.72 Å². The molecule has 19 heavy (non-hydrogen) atoms. The summed E-state index contributed by atoms with van der Waals surface area (Å²) < 4.78 is 27.2. The maximum atomic E-state index is 12.3. The van der Waals surface area contributed by atoms with Crippen molar-refractivity contribution in [1.82, 2.24) is 4.72 Å². The van der Waals surface area contributed by atoms with E-state index < -0.39 is 15.6 Å². The molecule has 0 spiro atoms. The highest BCUT2D eigenvalue weighted by Gasteiger charge is 2.33. The van der Waals surface area contributed by atoms with E-state index in [9.17, 15) is 8.42 Å². The molecule has 1 aromatic carbocycles. The van der Waals surface area contributed by atoms with E-state index in [1.807, 2.05) is 0 Å². The van der Waals surface area contributed by atoms with Crippen LogP contribution in [0.3, 0.4) is 0 Å². The largest absolute Gasteiger partial charge is 0.242 e. The van der Waals surface area contributed by atoms with Crippen LogP contribution in [-0.4, -0.2) is 25.7 Å². The Morgan fingerprint density at radius 1 is 1.21 bits per heavy atom. The smallest absolute Gasteiger partial charge is 0.207 e. The molecule has 0 saturated heterocycles. The summed E-state index contributed by atoms with van der Waals surface area (Å²) in [5.41, 5.74) is -0.909. The zero-order valence-electron chi connectivity index (χ0n) is 10.1. The molecule has 0 radical (unpaired) electrons. The van der Waals surface area contributed by atoms with Gasteiger partial charge < -0.3 is 0 Å². The molecule has 0 heterocycles. The standard InChI is InChI=1S/C11H13Cl4NO2S/c1-2-11(6-12,7-13)16-19(17,18)10-5-8(14)3-4-9(10)15/h3-5,16H,2,6-7H2,1H3. The van der Waals surface area contributed by atoms with E-state index in [-0.39, 0.29) is 26.7 Å². The lowest BCUT2D eigenvalue weighted by Crippen LogP contribution is -2.51. The van der Waals surface area contributed by atoms with Crippen LogP contribution in [0.15, 0.2) is 23.1 Å². The number of hydrogen-bond donors (Lipinski definition) is 1. The van der Waals surface area contributed by atoms with Gasteiger partial charge in [0, 0.05) is 16.8 Å². The molecule has 108 valence electrons. The predicted octanol–water partition coefficient (Wildman–Crippen LogP) is 3.90. The van der Waals surface area contributed by atoms with Crippen LogP contribution in [0.4, 0.5) is 0 Å². The van der Waals surface area contributed by atoms with Crippen molar-refractivity contribution in [2.24, 2.45) is 0 Å². The molecule has 0 bridgehead atoms. The molecule has 0 amide bonds. The van der Waals surface area contributed by atoms with Crippen molar-refractivity contribution in [3.63, 3.8) is 0 Å². The lowest BCUT2D eigenvalue weighted by Gasteiger charge is -2.29. The molecule has 8 heteroatoms. The highest BCUT2D eigenvalue weighted by Crippen LogP contribution is 2.27. The van der Waals surface area contributed by atoms with Gasteiger partial charge in [-0.3, -0.25) is 0 Å². The van der Waals surface area contributed by atoms with Crippen molar-refractivity contribution in [3.05, 3.63) is 28.2 Å². The van der Waals surface area contributed by atoms with Gasteiger partial charge in [-0.15, -0.1) is 23.2 Å². The Kier molecular flexibility index (Phi) is 6.24. The second-order valence-corrected chi connectivity index (χ2v) is 7.11. The van der Waals surface area contributed by atoms with Gasteiger partial charge in [0.05, 0.1) is 10.6 Å². The Balaban J connectivity index is 3.21. The summed E-state index contributed by atoms with van der Waals surface area (Å²) in [6.45, 7) is 1.80. The van der Waals surface area contributed by atoms with E-state index in [0.29, 0.717) is 6.42 Å². The summed E-state index contributed by atoms with van der Waals surface area (Å²) in [5.74, 6) is 0.120. The molecule has 3 nitrogen and oxygen atoms in total. The molecular formula is C11H13Cl4NO2S. The average Bonchev–Trinajstić information content (AvgIpc) is 2.39. The summed E-state index contributed by atoms with van der Waals surface area (Å²) in [7, 11) is -3.84. The highest BCUT2D eigenvalue weighted by atomic mass is 35.5. The molecule has 0 aliphatic heterocycles. The second-order valence-electron chi connectivity index (χ2n) is 4.08. The molecule has 0 aliphatic rings. The Hall–Kier alpha value is 0.290. The summed E-state index contributed by atoms with van der Waals surface area (Å²) in [5, 5.41) is 0.370. The van der Waals surface area contributed by atoms with Gasteiger partial charge in [-0.2, -0.15) is 0 Å². The minimum absolute atomic E-state index is 0.0599. The number of benzene rings is 1. The third-order valence-electron chi connectivity index (χ3n) is 2.72. The van der Waals surface area contributed by atoms with Crippen molar-refractivity contribution in [1.29, 1.82) is 0 Å². The fourth-order valence-corrected chi connectivity index (χ4v) is 4.56. The van der Waals surface area contributed by atoms with Crippen LogP contribution in [0.2, 0.25) is 10.0 Å². The van der Waals surface area contributed by atoms with Crippen molar-refractivity contribution < 1.29 is 8.42 Å². The first-order valence-corrected chi connectivity index (χ1v) is 8.72. The number of alkyl halides is 2. The minimum atomic E-state index is -3.84. The molecular weight excluding hydrogens is 352 g/mol. The van der Waals surface area contributed by atoms with Gasteiger partial charge in [-0.1, -0.05) is 30.1 Å². The first-order chi connectivity index (χ1) is 8.80. The SMILES string of the molecule is CCC(CCl)(CCl)NS(=O)(=O)c1cc(Cl)ccc1Cl. The van der Waals surface area contributed by atoms with Gasteiger partial charge in [-0.25, -0.2) is 13.1 Å². The minimum Gasteiger partial charge on any atom is -0.207 e. The third-order valence-corrected chi connectivity index (χ3v) is 6.04. The van der Waals surface area contributed by atoms with Gasteiger partial charge in [0.25, 0.3) is 0 Å². The number of hydrogen-bond acceptors (Lipinski definition) is 2. The van der Waals surface area contributed by atoms with Crippen LogP contribution in [0.25, 0.3) is 0 Å². The highest BCUT2D eigenvalue weighted by molar-refractivity contribution is 7.89. The van der Waals surface area contributed by atoms with Gasteiger partial charge in [0.15, 0.2) is 0 Å². The first kappa shape index (κ1) is 17.3. The Bertz CT molecular complexity index is 535. The monoisotopic (exact) mass is 363 g/mol. The fourth-order valence-electron chi connectivity index (χ4n) is 1.37. The normalized spacial score (nSPS) is 12.7. The maximum absolute atomic E-state index is 12.3. The molecule has 0 aliphatic carbocycles. The molecule has 0 atom stereocenters. The first-order valence-electron chi connectivity index (χ1n) is 5.41. The summed E-state index contributed by atoms with van der Waals surface area (Å²) in [6, 6.07) is 4.22. The molecule has 0 saturated carbocycles. The molecule has 1 N–H and O–H groups in total. The van der Waals surface area contributed by atoms with E-state index >= 15 is 0 Å². The number of halogens is 4. The van der Waals surface area contributed by atoms with E-state index in [1.54, 1.807) is 6.92 Å². The number of sulfonamides is 1. The van der Waals surface area contributed by atoms with Crippen molar-refractivity contribution in [2.45, 2.75) is 23.8 Å². The maximum Gasteiger partial charge on any atom is 0.242 e. The third kappa shape index (κ3) is 4.13. The zero-order valence-corrected chi connectivity index (χ0v) is 13.9. The summed E-state index contributed by atoms with van der Waals surface area (Å²) in [6.07, 6.45) is 0.456. The van der Waals surface area contributed by atoms with Crippen LogP contribution in [-0.2, 0) is 10.0 Å². The van der Waals surface area contributed by atoms with Gasteiger partial charge in [0.2, 0.25) is 10.0 Å². The van der Waals surface area contributed by atoms with E-state index in [1.165, 1.54) is 18.2 Å². The van der Waals surface area contributed by atoms with Gasteiger partial charge in [0.1, 0.15) is 4.90 Å². The zero-order chi connectivity index (χ0) is 14.7. The van der Waals surface area contributed by atoms with Crippen LogP contribution >= 0.6 is 46.4 Å².